The third kappa shape index (κ3) is 4.25. The molecule has 8 heteroatoms. The van der Waals surface area contributed by atoms with E-state index in [2.05, 4.69) is 46.4 Å². The van der Waals surface area contributed by atoms with E-state index in [9.17, 15) is 0 Å². The summed E-state index contributed by atoms with van der Waals surface area (Å²) < 4.78 is 4.29. The third-order valence-corrected chi connectivity index (χ3v) is 9.07. The second kappa shape index (κ2) is 9.57. The third-order valence-electron chi connectivity index (χ3n) is 6.21. The van der Waals surface area contributed by atoms with E-state index in [1.165, 1.54) is 0 Å². The Morgan fingerprint density at radius 1 is 0.500 bits per heavy atom. The van der Waals surface area contributed by atoms with Crippen molar-refractivity contribution in [3.63, 3.8) is 0 Å². The Morgan fingerprint density at radius 2 is 0.895 bits per heavy atom. The second-order valence-electron chi connectivity index (χ2n) is 8.73. The minimum Gasteiger partial charge on any atom is -0.351 e. The molecule has 2 heterocycles. The Morgan fingerprint density at radius 3 is 1.32 bits per heavy atom. The van der Waals surface area contributed by atoms with E-state index in [1.54, 1.807) is 22.7 Å². The van der Waals surface area contributed by atoms with Gasteiger partial charge in [0.05, 0.1) is 52.2 Å². The lowest BCUT2D eigenvalue weighted by Crippen LogP contribution is -2.16. The highest BCUT2D eigenvalue weighted by molar-refractivity contribution is 7.25. The lowest BCUT2D eigenvalue weighted by molar-refractivity contribution is 1.33. The molecule has 0 aliphatic rings. The predicted molar refractivity (Wildman–Crippen MR) is 163 cm³/mol. The van der Waals surface area contributed by atoms with Crippen molar-refractivity contribution < 1.29 is 0 Å². The van der Waals surface area contributed by atoms with Gasteiger partial charge < -0.3 is 9.97 Å². The first-order valence-corrected chi connectivity index (χ1v) is 14.3. The van der Waals surface area contributed by atoms with E-state index in [0.29, 0.717) is 10.0 Å². The average Bonchev–Trinajstić information content (AvgIpc) is 2.95. The van der Waals surface area contributed by atoms with E-state index in [-0.39, 0.29) is 0 Å². The summed E-state index contributed by atoms with van der Waals surface area (Å²) in [7, 11) is 0. The largest absolute Gasteiger partial charge is 0.351 e. The molecule has 0 aliphatic heterocycles. The van der Waals surface area contributed by atoms with Gasteiger partial charge in [0.2, 0.25) is 0 Å². The summed E-state index contributed by atoms with van der Waals surface area (Å²) >= 11 is 15.7. The van der Waals surface area contributed by atoms with Crippen molar-refractivity contribution in [2.45, 2.75) is 0 Å². The number of hydrogen-bond acceptors (Lipinski definition) is 4. The van der Waals surface area contributed by atoms with E-state index >= 15 is 0 Å². The fraction of sp³-hybridized carbons (Fsp3) is 0. The number of para-hydroxylation sites is 2. The lowest BCUT2D eigenvalue weighted by Gasteiger charge is -2.10. The van der Waals surface area contributed by atoms with E-state index in [1.807, 2.05) is 60.7 Å². The second-order valence-corrected chi connectivity index (χ2v) is 11.7. The van der Waals surface area contributed by atoms with Crippen LogP contribution in [-0.2, 0) is 0 Å². The van der Waals surface area contributed by atoms with Crippen LogP contribution in [0.4, 0.5) is 11.4 Å². The summed E-state index contributed by atoms with van der Waals surface area (Å²) in [6.45, 7) is 0. The van der Waals surface area contributed by atoms with Gasteiger partial charge in [0.1, 0.15) is 10.7 Å². The van der Waals surface area contributed by atoms with Crippen molar-refractivity contribution in [1.82, 2.24) is 9.97 Å². The average molecular weight is 570 g/mol. The molecular formula is C30H18Cl2N4S2. The molecule has 7 aromatic rings. The first kappa shape index (κ1) is 23.4. The van der Waals surface area contributed by atoms with Gasteiger partial charge in [-0.1, -0.05) is 47.5 Å². The summed E-state index contributed by atoms with van der Waals surface area (Å²) in [5, 5.41) is 3.08. The minimum absolute atomic E-state index is 0.678. The summed E-state index contributed by atoms with van der Waals surface area (Å²) in [5.41, 5.74) is 5.61. The molecule has 7 rings (SSSR count). The molecule has 4 nitrogen and oxygen atoms in total. The van der Waals surface area contributed by atoms with Gasteiger partial charge >= 0.3 is 0 Å². The van der Waals surface area contributed by atoms with Crippen LogP contribution in [0.3, 0.4) is 0 Å². The lowest BCUT2D eigenvalue weighted by atomic mass is 10.2. The molecule has 0 spiro atoms. The molecule has 0 bridgehead atoms. The highest BCUT2D eigenvalue weighted by Gasteiger charge is 2.14. The zero-order chi connectivity index (χ0) is 25.6. The summed E-state index contributed by atoms with van der Waals surface area (Å²) in [4.78, 5) is 17.7. The number of aromatic nitrogens is 2. The number of halogens is 2. The van der Waals surface area contributed by atoms with Crippen LogP contribution in [0.1, 0.15) is 0 Å². The molecule has 0 unspecified atom stereocenters. The number of aromatic amines is 2. The van der Waals surface area contributed by atoms with Crippen molar-refractivity contribution in [3.8, 4) is 0 Å². The highest BCUT2D eigenvalue weighted by atomic mass is 35.5. The van der Waals surface area contributed by atoms with Crippen molar-refractivity contribution in [1.29, 1.82) is 0 Å². The maximum Gasteiger partial charge on any atom is 0.108 e. The summed E-state index contributed by atoms with van der Waals surface area (Å²) in [6.07, 6.45) is 0. The molecule has 0 saturated heterocycles. The van der Waals surface area contributed by atoms with Gasteiger partial charge in [0.15, 0.2) is 0 Å². The zero-order valence-corrected chi connectivity index (χ0v) is 22.8. The van der Waals surface area contributed by atoms with Gasteiger partial charge in [-0.3, -0.25) is 0 Å². The highest BCUT2D eigenvalue weighted by Crippen LogP contribution is 2.29. The molecule has 0 fully saturated rings. The molecule has 2 N–H and O–H groups in total. The monoisotopic (exact) mass is 568 g/mol. The molecule has 0 aliphatic carbocycles. The number of hydrogen-bond donors (Lipinski definition) is 2. The van der Waals surface area contributed by atoms with Gasteiger partial charge in [-0.25, -0.2) is 9.98 Å². The predicted octanol–water partition coefficient (Wildman–Crippen LogP) is 9.41. The Labute approximate surface area is 234 Å². The standard InChI is InChI=1S/C30H18Cl2N4S2/c31-17-9-13-19(14-10-17)33-25-27-29(37-23-7-3-1-5-21(23)35-27)26(34-20-15-11-18(32)12-16-20)28-30(25)38-24-8-4-2-6-22(24)36-28/h1-16,35-36H. The Bertz CT molecular complexity index is 1890. The number of nitrogens with zero attached hydrogens (tertiary/aromatic N) is 2. The molecule has 0 saturated carbocycles. The minimum atomic E-state index is 0.678. The summed E-state index contributed by atoms with van der Waals surface area (Å²) in [6, 6.07) is 31.8. The van der Waals surface area contributed by atoms with Crippen LogP contribution in [0.5, 0.6) is 0 Å². The zero-order valence-electron chi connectivity index (χ0n) is 19.7. The summed E-state index contributed by atoms with van der Waals surface area (Å²) in [5.74, 6) is 0. The first-order valence-electron chi connectivity index (χ1n) is 11.9. The first-order chi connectivity index (χ1) is 18.6. The van der Waals surface area contributed by atoms with Gasteiger partial charge in [0, 0.05) is 10.0 Å². The van der Waals surface area contributed by atoms with Crippen LogP contribution in [0.15, 0.2) is 107 Å². The number of rotatable bonds is 2. The van der Waals surface area contributed by atoms with Crippen molar-refractivity contribution in [2.75, 3.05) is 0 Å². The number of benzene rings is 5. The number of fused-ring (bicyclic) bond motifs is 4. The molecule has 0 atom stereocenters. The van der Waals surface area contributed by atoms with Crippen molar-refractivity contribution in [2.24, 2.45) is 9.98 Å². The van der Waals surface area contributed by atoms with Gasteiger partial charge in [-0.2, -0.15) is 0 Å². The van der Waals surface area contributed by atoms with Crippen LogP contribution in [0.25, 0.3) is 40.9 Å². The maximum absolute atomic E-state index is 6.17. The smallest absolute Gasteiger partial charge is 0.108 e. The van der Waals surface area contributed by atoms with Crippen LogP contribution < -0.4 is 10.7 Å². The molecule has 184 valence electrons. The van der Waals surface area contributed by atoms with Crippen LogP contribution in [0, 0.1) is 0 Å². The van der Waals surface area contributed by atoms with Crippen LogP contribution in [-0.4, -0.2) is 9.97 Å². The Hall–Kier alpha value is -3.68. The molecule has 0 amide bonds. The fourth-order valence-electron chi connectivity index (χ4n) is 4.42. The van der Waals surface area contributed by atoms with Crippen molar-refractivity contribution >= 4 is 98.1 Å². The SMILES string of the molecule is Clc1ccc(N=c2c3[nH]c4ccccc4sc3c(=Nc3ccc(Cl)cc3)c3[nH]c4ccccc4sc23)cc1. The fourth-order valence-corrected chi connectivity index (χ4v) is 6.85. The van der Waals surface area contributed by atoms with Gasteiger partial charge in [-0.05, 0) is 72.8 Å². The van der Waals surface area contributed by atoms with E-state index < -0.39 is 0 Å². The Balaban J connectivity index is 1.74. The molecule has 5 aromatic carbocycles. The molecular weight excluding hydrogens is 551 g/mol. The van der Waals surface area contributed by atoms with Gasteiger partial charge in [0.25, 0.3) is 0 Å². The van der Waals surface area contributed by atoms with Crippen LogP contribution >= 0.6 is 45.9 Å². The van der Waals surface area contributed by atoms with Crippen LogP contribution in [0.2, 0.25) is 10.0 Å². The van der Waals surface area contributed by atoms with Crippen molar-refractivity contribution in [3.05, 3.63) is 118 Å². The van der Waals surface area contributed by atoms with E-state index in [0.717, 1.165) is 63.0 Å². The normalized spacial score (nSPS) is 12.8. The number of nitrogens with one attached hydrogen (secondary N) is 2. The van der Waals surface area contributed by atoms with E-state index in [4.69, 9.17) is 33.2 Å². The molecule has 2 aromatic heterocycles. The topological polar surface area (TPSA) is 56.3 Å². The number of H-pyrrole nitrogens is 2. The Kier molecular flexibility index (Phi) is 5.90. The molecule has 38 heavy (non-hydrogen) atoms. The maximum atomic E-state index is 6.17. The van der Waals surface area contributed by atoms with Gasteiger partial charge in [-0.15, -0.1) is 22.7 Å². The quantitative estimate of drug-likeness (QED) is 0.195. The molecule has 0 radical (unpaired) electrons.